The van der Waals surface area contributed by atoms with Crippen molar-refractivity contribution in [3.05, 3.63) is 53.3 Å². The van der Waals surface area contributed by atoms with Crippen molar-refractivity contribution in [3.8, 4) is 17.2 Å². The Labute approximate surface area is 159 Å². The smallest absolute Gasteiger partial charge is 0.225 e. The van der Waals surface area contributed by atoms with Crippen molar-refractivity contribution < 1.29 is 23.4 Å². The van der Waals surface area contributed by atoms with Crippen LogP contribution in [0.25, 0.3) is 0 Å². The molecule has 146 valence electrons. The quantitative estimate of drug-likeness (QED) is 0.760. The molecule has 1 atom stereocenters. The van der Waals surface area contributed by atoms with Gasteiger partial charge in [0.25, 0.3) is 0 Å². The molecule has 0 radical (unpaired) electrons. The molecule has 0 bridgehead atoms. The van der Waals surface area contributed by atoms with E-state index >= 15 is 0 Å². The zero-order valence-electron chi connectivity index (χ0n) is 16.3. The fourth-order valence-corrected chi connectivity index (χ4v) is 3.00. The van der Waals surface area contributed by atoms with Crippen molar-refractivity contribution in [1.29, 1.82) is 0 Å². The topological polar surface area (TPSA) is 56.8 Å². The van der Waals surface area contributed by atoms with Crippen molar-refractivity contribution in [2.75, 3.05) is 21.3 Å². The zero-order valence-corrected chi connectivity index (χ0v) is 16.3. The number of hydrogen-bond acceptors (Lipinski definition) is 4. The van der Waals surface area contributed by atoms with Crippen LogP contribution >= 0.6 is 0 Å². The second kappa shape index (κ2) is 9.26. The van der Waals surface area contributed by atoms with E-state index in [1.54, 1.807) is 31.4 Å². The molecule has 0 aromatic heterocycles. The number of benzene rings is 2. The van der Waals surface area contributed by atoms with Gasteiger partial charge in [0, 0.05) is 5.56 Å². The number of rotatable bonds is 8. The van der Waals surface area contributed by atoms with Gasteiger partial charge in [0.05, 0.1) is 33.8 Å². The molecule has 0 saturated carbocycles. The van der Waals surface area contributed by atoms with Crippen LogP contribution < -0.4 is 19.5 Å². The van der Waals surface area contributed by atoms with E-state index in [2.05, 4.69) is 5.32 Å². The number of ether oxygens (including phenoxy) is 3. The highest BCUT2D eigenvalue weighted by Crippen LogP contribution is 2.40. The first kappa shape index (κ1) is 20.6. The lowest BCUT2D eigenvalue weighted by atomic mass is 9.95. The number of amides is 1. The van der Waals surface area contributed by atoms with Crippen LogP contribution in [0.5, 0.6) is 17.2 Å². The summed E-state index contributed by atoms with van der Waals surface area (Å²) in [6.07, 6.45) is 0.119. The van der Waals surface area contributed by atoms with Crippen molar-refractivity contribution >= 4 is 5.91 Å². The van der Waals surface area contributed by atoms with Crippen LogP contribution in [0.1, 0.15) is 31.0 Å². The van der Waals surface area contributed by atoms with Gasteiger partial charge in [-0.05, 0) is 29.7 Å². The van der Waals surface area contributed by atoms with Gasteiger partial charge in [0.1, 0.15) is 5.82 Å². The van der Waals surface area contributed by atoms with Crippen LogP contribution in [0.3, 0.4) is 0 Å². The van der Waals surface area contributed by atoms with Crippen LogP contribution in [-0.4, -0.2) is 27.2 Å². The average Bonchev–Trinajstić information content (AvgIpc) is 2.66. The van der Waals surface area contributed by atoms with Gasteiger partial charge in [0.15, 0.2) is 11.5 Å². The van der Waals surface area contributed by atoms with Gasteiger partial charge in [-0.25, -0.2) is 4.39 Å². The van der Waals surface area contributed by atoms with E-state index < -0.39 is 0 Å². The molecule has 0 aliphatic carbocycles. The van der Waals surface area contributed by atoms with Crippen molar-refractivity contribution in [2.24, 2.45) is 5.92 Å². The predicted molar refractivity (Wildman–Crippen MR) is 102 cm³/mol. The monoisotopic (exact) mass is 375 g/mol. The minimum atomic E-state index is -0.303. The van der Waals surface area contributed by atoms with E-state index in [1.165, 1.54) is 26.4 Å². The van der Waals surface area contributed by atoms with Crippen LogP contribution in [0, 0.1) is 11.7 Å². The maximum Gasteiger partial charge on any atom is 0.225 e. The lowest BCUT2D eigenvalue weighted by Crippen LogP contribution is -2.33. The number of halogens is 1. The Hall–Kier alpha value is -2.76. The molecule has 2 aromatic carbocycles. The average molecular weight is 375 g/mol. The largest absolute Gasteiger partial charge is 0.493 e. The molecule has 1 amide bonds. The molecule has 0 aliphatic heterocycles. The Balaban J connectivity index is 2.22. The second-order valence-corrected chi connectivity index (χ2v) is 6.51. The Kier molecular flexibility index (Phi) is 7.05. The molecule has 0 heterocycles. The standard InChI is InChI=1S/C21H26FNO4/c1-13(2)19(14-6-9-16(22)10-7-14)23-18(24)12-15-8-11-17(25-3)21(27-5)20(15)26-4/h6-11,13,19H,12H2,1-5H3,(H,23,24). The van der Waals surface area contributed by atoms with Crippen molar-refractivity contribution in [3.63, 3.8) is 0 Å². The molecular formula is C21H26FNO4. The summed E-state index contributed by atoms with van der Waals surface area (Å²) in [6.45, 7) is 4.01. The van der Waals surface area contributed by atoms with Crippen LogP contribution in [0.4, 0.5) is 4.39 Å². The minimum Gasteiger partial charge on any atom is -0.493 e. The van der Waals surface area contributed by atoms with E-state index in [1.807, 2.05) is 13.8 Å². The second-order valence-electron chi connectivity index (χ2n) is 6.51. The molecule has 2 aromatic rings. The van der Waals surface area contributed by atoms with Gasteiger partial charge in [-0.2, -0.15) is 0 Å². The number of nitrogens with one attached hydrogen (secondary N) is 1. The first-order chi connectivity index (χ1) is 12.9. The summed E-state index contributed by atoms with van der Waals surface area (Å²) >= 11 is 0. The molecule has 0 spiro atoms. The third kappa shape index (κ3) is 4.90. The van der Waals surface area contributed by atoms with Crippen LogP contribution in [0.15, 0.2) is 36.4 Å². The SMILES string of the molecule is COc1ccc(CC(=O)NC(c2ccc(F)cc2)C(C)C)c(OC)c1OC. The van der Waals surface area contributed by atoms with Crippen molar-refractivity contribution in [2.45, 2.75) is 26.3 Å². The summed E-state index contributed by atoms with van der Waals surface area (Å²) < 4.78 is 29.3. The summed E-state index contributed by atoms with van der Waals surface area (Å²) in [4.78, 5) is 12.7. The molecule has 0 saturated heterocycles. The highest BCUT2D eigenvalue weighted by atomic mass is 19.1. The first-order valence-corrected chi connectivity index (χ1v) is 8.73. The highest BCUT2D eigenvalue weighted by molar-refractivity contribution is 5.80. The Bertz CT molecular complexity index is 774. The highest BCUT2D eigenvalue weighted by Gasteiger charge is 2.21. The molecule has 6 heteroatoms. The van der Waals surface area contributed by atoms with E-state index in [0.29, 0.717) is 22.8 Å². The molecular weight excluding hydrogens is 349 g/mol. The Morgan fingerprint density at radius 1 is 0.963 bits per heavy atom. The fourth-order valence-electron chi connectivity index (χ4n) is 3.00. The van der Waals surface area contributed by atoms with E-state index in [4.69, 9.17) is 14.2 Å². The minimum absolute atomic E-state index is 0.119. The predicted octanol–water partition coefficient (Wildman–Crippen LogP) is 3.91. The normalized spacial score (nSPS) is 11.8. The molecule has 5 nitrogen and oxygen atoms in total. The number of carbonyl (C=O) groups is 1. The van der Waals surface area contributed by atoms with Gasteiger partial charge in [0.2, 0.25) is 11.7 Å². The van der Waals surface area contributed by atoms with Gasteiger partial charge < -0.3 is 19.5 Å². The molecule has 1 N–H and O–H groups in total. The maximum atomic E-state index is 13.2. The third-order valence-electron chi connectivity index (χ3n) is 4.35. The summed E-state index contributed by atoms with van der Waals surface area (Å²) in [7, 11) is 4.58. The molecule has 2 rings (SSSR count). The molecule has 0 aliphatic rings. The lowest BCUT2D eigenvalue weighted by Gasteiger charge is -2.23. The molecule has 0 fully saturated rings. The summed E-state index contributed by atoms with van der Waals surface area (Å²) in [5, 5.41) is 3.03. The third-order valence-corrected chi connectivity index (χ3v) is 4.35. The van der Waals surface area contributed by atoms with Gasteiger partial charge in [-0.1, -0.05) is 32.0 Å². The maximum absolute atomic E-state index is 13.2. The van der Waals surface area contributed by atoms with Gasteiger partial charge >= 0.3 is 0 Å². The van der Waals surface area contributed by atoms with E-state index in [-0.39, 0.29) is 30.1 Å². The summed E-state index contributed by atoms with van der Waals surface area (Å²) in [5.74, 6) is 1.13. The van der Waals surface area contributed by atoms with Gasteiger partial charge in [-0.15, -0.1) is 0 Å². The Morgan fingerprint density at radius 2 is 1.59 bits per heavy atom. The fraction of sp³-hybridized carbons (Fsp3) is 0.381. The zero-order chi connectivity index (χ0) is 20.0. The van der Waals surface area contributed by atoms with Crippen LogP contribution in [-0.2, 0) is 11.2 Å². The summed E-state index contributed by atoms with van der Waals surface area (Å²) in [6, 6.07) is 9.48. The van der Waals surface area contributed by atoms with Gasteiger partial charge in [-0.3, -0.25) is 4.79 Å². The number of hydrogen-bond donors (Lipinski definition) is 1. The van der Waals surface area contributed by atoms with Crippen LogP contribution in [0.2, 0.25) is 0 Å². The molecule has 27 heavy (non-hydrogen) atoms. The summed E-state index contributed by atoms with van der Waals surface area (Å²) in [5.41, 5.74) is 1.55. The van der Waals surface area contributed by atoms with Crippen molar-refractivity contribution in [1.82, 2.24) is 5.32 Å². The molecule has 1 unspecified atom stereocenters. The Morgan fingerprint density at radius 3 is 2.11 bits per heavy atom. The number of methoxy groups -OCH3 is 3. The van der Waals surface area contributed by atoms with E-state index in [9.17, 15) is 9.18 Å². The lowest BCUT2D eigenvalue weighted by molar-refractivity contribution is -0.121. The first-order valence-electron chi connectivity index (χ1n) is 8.73. The van der Waals surface area contributed by atoms with E-state index in [0.717, 1.165) is 5.56 Å². The number of carbonyl (C=O) groups excluding carboxylic acids is 1.